The summed E-state index contributed by atoms with van der Waals surface area (Å²) in [6.45, 7) is 17.1. The second-order valence-corrected chi connectivity index (χ2v) is 3.88. The van der Waals surface area contributed by atoms with Crippen LogP contribution in [0.1, 0.15) is 32.6 Å². The predicted molar refractivity (Wildman–Crippen MR) is 70.1 cm³/mol. The van der Waals surface area contributed by atoms with Crippen molar-refractivity contribution in [1.29, 1.82) is 0 Å². The molecule has 0 aromatic heterocycles. The van der Waals surface area contributed by atoms with Crippen LogP contribution in [0.2, 0.25) is 0 Å². The summed E-state index contributed by atoms with van der Waals surface area (Å²) < 4.78 is 0. The third kappa shape index (κ3) is 8.19. The van der Waals surface area contributed by atoms with Gasteiger partial charge in [-0.2, -0.15) is 0 Å². The van der Waals surface area contributed by atoms with Gasteiger partial charge in [-0.05, 0) is 25.8 Å². The summed E-state index contributed by atoms with van der Waals surface area (Å²) >= 11 is 0. The molecule has 0 N–H and O–H groups in total. The van der Waals surface area contributed by atoms with E-state index in [0.29, 0.717) is 0 Å². The van der Waals surface area contributed by atoms with Crippen LogP contribution in [0, 0.1) is 0 Å². The molecule has 1 heteroatoms. The Labute approximate surface area is 95.2 Å². The first-order valence-corrected chi connectivity index (χ1v) is 5.88. The largest absolute Gasteiger partial charge is 0.303 e. The van der Waals surface area contributed by atoms with Gasteiger partial charge in [0.2, 0.25) is 0 Å². The van der Waals surface area contributed by atoms with E-state index in [1.165, 1.54) is 19.4 Å². The Morgan fingerprint density at radius 3 is 2.47 bits per heavy atom. The van der Waals surface area contributed by atoms with Crippen LogP contribution in [-0.4, -0.2) is 24.5 Å². The van der Waals surface area contributed by atoms with E-state index >= 15 is 0 Å². The molecule has 0 fully saturated rings. The molecule has 0 atom stereocenters. The van der Waals surface area contributed by atoms with Crippen LogP contribution < -0.4 is 0 Å². The average molecular weight is 207 g/mol. The lowest BCUT2D eigenvalue weighted by atomic mass is 10.2. The molecule has 86 valence electrons. The zero-order chi connectivity index (χ0) is 11.5. The summed E-state index contributed by atoms with van der Waals surface area (Å²) in [4.78, 5) is 2.49. The first-order valence-electron chi connectivity index (χ1n) is 5.88. The van der Waals surface area contributed by atoms with Crippen LogP contribution in [0.25, 0.3) is 0 Å². The van der Waals surface area contributed by atoms with Gasteiger partial charge >= 0.3 is 0 Å². The summed E-state index contributed by atoms with van der Waals surface area (Å²) in [5, 5.41) is 0. The van der Waals surface area contributed by atoms with Crippen molar-refractivity contribution in [2.45, 2.75) is 32.6 Å². The molecule has 0 radical (unpaired) electrons. The quantitative estimate of drug-likeness (QED) is 0.389. The Bertz CT molecular complexity index is 194. The molecule has 0 spiro atoms. The van der Waals surface area contributed by atoms with Gasteiger partial charge in [-0.25, -0.2) is 0 Å². The van der Waals surface area contributed by atoms with Crippen LogP contribution in [0.5, 0.6) is 0 Å². The molecule has 0 saturated carbocycles. The Kier molecular flexibility index (Phi) is 9.19. The van der Waals surface area contributed by atoms with E-state index in [2.05, 4.69) is 31.6 Å². The summed E-state index contributed by atoms with van der Waals surface area (Å²) in [6, 6.07) is 0. The normalized spacial score (nSPS) is 10.3. The van der Waals surface area contributed by atoms with Crippen molar-refractivity contribution in [2.24, 2.45) is 0 Å². The van der Waals surface area contributed by atoms with Crippen molar-refractivity contribution < 1.29 is 0 Å². The van der Waals surface area contributed by atoms with Crippen molar-refractivity contribution in [3.63, 3.8) is 0 Å². The minimum Gasteiger partial charge on any atom is -0.303 e. The third-order valence-electron chi connectivity index (χ3n) is 2.52. The second-order valence-electron chi connectivity index (χ2n) is 3.88. The molecule has 0 aromatic rings. The molecule has 0 aliphatic rings. The number of hydrogen-bond donors (Lipinski definition) is 0. The second kappa shape index (κ2) is 9.72. The van der Waals surface area contributed by atoms with Gasteiger partial charge < -0.3 is 4.90 Å². The van der Waals surface area contributed by atoms with E-state index in [4.69, 9.17) is 0 Å². The molecule has 0 aromatic carbocycles. The van der Waals surface area contributed by atoms with E-state index in [1.54, 1.807) is 0 Å². The SMILES string of the molecule is C=CCCN(CCCC)CCC(=C)C=C. The first kappa shape index (κ1) is 14.2. The molecule has 0 heterocycles. The van der Waals surface area contributed by atoms with Crippen molar-refractivity contribution in [3.05, 3.63) is 37.5 Å². The van der Waals surface area contributed by atoms with Gasteiger partial charge in [0, 0.05) is 13.1 Å². The molecule has 0 aliphatic carbocycles. The molecule has 1 nitrogen and oxygen atoms in total. The fourth-order valence-electron chi connectivity index (χ4n) is 1.39. The molecule has 0 rings (SSSR count). The van der Waals surface area contributed by atoms with E-state index in [-0.39, 0.29) is 0 Å². The van der Waals surface area contributed by atoms with Crippen LogP contribution in [0.15, 0.2) is 37.5 Å². The standard InChI is InChI=1S/C14H25N/c1-5-8-11-15(12-9-6-2)13-10-14(4)7-3/h5,7H,1,3-4,6,8-13H2,2H3. The number of unbranched alkanes of at least 4 members (excludes halogenated alkanes) is 1. The Morgan fingerprint density at radius 1 is 1.20 bits per heavy atom. The number of nitrogens with zero attached hydrogens (tertiary/aromatic N) is 1. The maximum Gasteiger partial charge on any atom is 0.00217 e. The molecule has 0 bridgehead atoms. The summed E-state index contributed by atoms with van der Waals surface area (Å²) in [5.74, 6) is 0. The predicted octanol–water partition coefficient (Wildman–Crippen LogP) is 3.80. The Hall–Kier alpha value is -0.820. The highest BCUT2D eigenvalue weighted by atomic mass is 15.1. The lowest BCUT2D eigenvalue weighted by Gasteiger charge is -2.21. The van der Waals surface area contributed by atoms with Crippen LogP contribution in [0.4, 0.5) is 0 Å². The zero-order valence-electron chi connectivity index (χ0n) is 10.2. The maximum absolute atomic E-state index is 3.94. The molecule has 0 unspecified atom stereocenters. The third-order valence-corrected chi connectivity index (χ3v) is 2.52. The molecule has 15 heavy (non-hydrogen) atoms. The average Bonchev–Trinajstić information content (AvgIpc) is 2.27. The van der Waals surface area contributed by atoms with E-state index < -0.39 is 0 Å². The van der Waals surface area contributed by atoms with Gasteiger partial charge in [0.15, 0.2) is 0 Å². The minimum atomic E-state index is 1.03. The van der Waals surface area contributed by atoms with Crippen LogP contribution in [0.3, 0.4) is 0 Å². The molecule has 0 aliphatic heterocycles. The topological polar surface area (TPSA) is 3.24 Å². The fraction of sp³-hybridized carbons (Fsp3) is 0.571. The van der Waals surface area contributed by atoms with Gasteiger partial charge in [-0.3, -0.25) is 0 Å². The first-order chi connectivity index (χ1) is 7.24. The van der Waals surface area contributed by atoms with Gasteiger partial charge in [0.05, 0.1) is 0 Å². The van der Waals surface area contributed by atoms with Gasteiger partial charge in [0.25, 0.3) is 0 Å². The number of allylic oxidation sites excluding steroid dienone is 1. The molecule has 0 amide bonds. The molecule has 0 saturated heterocycles. The summed E-state index contributed by atoms with van der Waals surface area (Å²) in [7, 11) is 0. The Balaban J connectivity index is 3.82. The smallest absolute Gasteiger partial charge is 0.00217 e. The van der Waals surface area contributed by atoms with Crippen molar-refractivity contribution in [2.75, 3.05) is 19.6 Å². The van der Waals surface area contributed by atoms with E-state index in [0.717, 1.165) is 31.5 Å². The summed E-state index contributed by atoms with van der Waals surface area (Å²) in [5.41, 5.74) is 1.13. The maximum atomic E-state index is 3.94. The van der Waals surface area contributed by atoms with Crippen LogP contribution in [-0.2, 0) is 0 Å². The van der Waals surface area contributed by atoms with Gasteiger partial charge in [-0.15, -0.1) is 6.58 Å². The zero-order valence-corrected chi connectivity index (χ0v) is 10.2. The highest BCUT2D eigenvalue weighted by Gasteiger charge is 2.02. The van der Waals surface area contributed by atoms with E-state index in [9.17, 15) is 0 Å². The lowest BCUT2D eigenvalue weighted by molar-refractivity contribution is 0.278. The highest BCUT2D eigenvalue weighted by molar-refractivity contribution is 5.10. The fourth-order valence-corrected chi connectivity index (χ4v) is 1.39. The van der Waals surface area contributed by atoms with Gasteiger partial charge in [-0.1, -0.05) is 44.2 Å². The van der Waals surface area contributed by atoms with Gasteiger partial charge in [0.1, 0.15) is 0 Å². The number of hydrogen-bond acceptors (Lipinski definition) is 1. The summed E-state index contributed by atoms with van der Waals surface area (Å²) in [6.07, 6.45) is 8.48. The van der Waals surface area contributed by atoms with E-state index in [1.807, 2.05) is 12.2 Å². The molecular weight excluding hydrogens is 182 g/mol. The monoisotopic (exact) mass is 207 g/mol. The minimum absolute atomic E-state index is 1.03. The lowest BCUT2D eigenvalue weighted by Crippen LogP contribution is -2.27. The van der Waals surface area contributed by atoms with Crippen molar-refractivity contribution in [3.8, 4) is 0 Å². The van der Waals surface area contributed by atoms with Crippen molar-refractivity contribution >= 4 is 0 Å². The Morgan fingerprint density at radius 2 is 1.93 bits per heavy atom. The molecular formula is C14H25N. The highest BCUT2D eigenvalue weighted by Crippen LogP contribution is 2.04. The van der Waals surface area contributed by atoms with Crippen LogP contribution >= 0.6 is 0 Å². The van der Waals surface area contributed by atoms with Crippen molar-refractivity contribution in [1.82, 2.24) is 4.90 Å². The number of rotatable bonds is 10.